The van der Waals surface area contributed by atoms with Crippen LogP contribution in [-0.2, 0) is 4.79 Å². The average Bonchev–Trinajstić information content (AvgIpc) is 3.09. The molecule has 0 saturated carbocycles. The Hall–Kier alpha value is -2.51. The molecular formula is C17H14ClN3O3S. The van der Waals surface area contributed by atoms with Crippen molar-refractivity contribution < 1.29 is 13.9 Å². The number of aromatic nitrogens is 2. The van der Waals surface area contributed by atoms with Gasteiger partial charge in [-0.1, -0.05) is 41.6 Å². The molecule has 1 heterocycles. The molecule has 0 fully saturated rings. The summed E-state index contributed by atoms with van der Waals surface area (Å²) < 4.78 is 10.7. The number of thioether (sulfide) groups is 1. The smallest absolute Gasteiger partial charge is 0.277 e. The highest BCUT2D eigenvalue weighted by Crippen LogP contribution is 2.26. The highest BCUT2D eigenvalue weighted by molar-refractivity contribution is 7.99. The van der Waals surface area contributed by atoms with Crippen molar-refractivity contribution in [2.75, 3.05) is 18.2 Å². The fourth-order valence-electron chi connectivity index (χ4n) is 2.07. The molecule has 0 saturated heterocycles. The van der Waals surface area contributed by atoms with E-state index in [0.717, 1.165) is 17.3 Å². The number of nitrogens with one attached hydrogen (secondary N) is 1. The maximum atomic E-state index is 12.1. The van der Waals surface area contributed by atoms with Crippen LogP contribution in [0.3, 0.4) is 0 Å². The summed E-state index contributed by atoms with van der Waals surface area (Å²) >= 11 is 7.10. The summed E-state index contributed by atoms with van der Waals surface area (Å²) in [6, 6.07) is 14.3. The maximum absolute atomic E-state index is 12.1. The molecule has 0 unspecified atom stereocenters. The molecule has 0 radical (unpaired) electrons. The van der Waals surface area contributed by atoms with Crippen molar-refractivity contribution in [1.82, 2.24) is 10.2 Å². The van der Waals surface area contributed by atoms with Crippen LogP contribution in [0.5, 0.6) is 5.75 Å². The molecule has 0 aliphatic rings. The number of carbonyl (C=O) groups is 1. The highest BCUT2D eigenvalue weighted by atomic mass is 35.5. The van der Waals surface area contributed by atoms with Gasteiger partial charge < -0.3 is 14.5 Å². The van der Waals surface area contributed by atoms with Crippen LogP contribution in [0.2, 0.25) is 5.02 Å². The Kier molecular flexibility index (Phi) is 5.57. The zero-order valence-electron chi connectivity index (χ0n) is 13.2. The second kappa shape index (κ2) is 8.04. The molecule has 0 spiro atoms. The number of benzene rings is 2. The van der Waals surface area contributed by atoms with E-state index in [1.165, 1.54) is 0 Å². The summed E-state index contributed by atoms with van der Waals surface area (Å²) in [6.45, 7) is 0. The second-order valence-corrected chi connectivity index (χ2v) is 6.28. The number of amides is 1. The first-order valence-electron chi connectivity index (χ1n) is 7.31. The number of carbonyl (C=O) groups excluding carboxylic acids is 1. The molecule has 1 amide bonds. The van der Waals surface area contributed by atoms with Gasteiger partial charge in [0, 0.05) is 10.6 Å². The van der Waals surface area contributed by atoms with Gasteiger partial charge >= 0.3 is 0 Å². The first kappa shape index (κ1) is 17.3. The Bertz CT molecular complexity index is 885. The molecule has 8 heteroatoms. The van der Waals surface area contributed by atoms with E-state index in [-0.39, 0.29) is 11.7 Å². The predicted octanol–water partition coefficient (Wildman–Crippen LogP) is 4.13. The molecule has 6 nitrogen and oxygen atoms in total. The Morgan fingerprint density at radius 3 is 2.88 bits per heavy atom. The van der Waals surface area contributed by atoms with Gasteiger partial charge in [0.25, 0.3) is 5.22 Å². The Labute approximate surface area is 153 Å². The third-order valence-electron chi connectivity index (χ3n) is 3.19. The predicted molar refractivity (Wildman–Crippen MR) is 97.1 cm³/mol. The third-order valence-corrected chi connectivity index (χ3v) is 4.24. The summed E-state index contributed by atoms with van der Waals surface area (Å²) in [5, 5.41) is 11.6. The lowest BCUT2D eigenvalue weighted by Crippen LogP contribution is -2.14. The minimum absolute atomic E-state index is 0.134. The number of methoxy groups -OCH3 is 1. The van der Waals surface area contributed by atoms with Gasteiger partial charge in [-0.2, -0.15) is 0 Å². The number of anilines is 1. The molecule has 3 aromatic rings. The normalized spacial score (nSPS) is 10.5. The number of hydrogen-bond donors (Lipinski definition) is 1. The molecule has 0 aliphatic heterocycles. The zero-order chi connectivity index (χ0) is 17.6. The van der Waals surface area contributed by atoms with E-state index in [1.54, 1.807) is 37.4 Å². The summed E-state index contributed by atoms with van der Waals surface area (Å²) in [6.07, 6.45) is 0. The molecule has 0 atom stereocenters. The quantitative estimate of drug-likeness (QED) is 0.653. The Morgan fingerprint density at radius 2 is 2.08 bits per heavy atom. The van der Waals surface area contributed by atoms with E-state index in [0.29, 0.717) is 27.6 Å². The average molecular weight is 376 g/mol. The van der Waals surface area contributed by atoms with Crippen molar-refractivity contribution in [3.05, 3.63) is 53.6 Å². The maximum Gasteiger partial charge on any atom is 0.277 e. The van der Waals surface area contributed by atoms with Gasteiger partial charge in [-0.3, -0.25) is 4.79 Å². The largest absolute Gasteiger partial charge is 0.495 e. The molecule has 25 heavy (non-hydrogen) atoms. The molecule has 0 aliphatic carbocycles. The van der Waals surface area contributed by atoms with E-state index < -0.39 is 0 Å². The van der Waals surface area contributed by atoms with E-state index in [1.807, 2.05) is 18.2 Å². The lowest BCUT2D eigenvalue weighted by Gasteiger charge is -2.08. The van der Waals surface area contributed by atoms with Gasteiger partial charge in [0.1, 0.15) is 5.75 Å². The van der Waals surface area contributed by atoms with Crippen LogP contribution in [0.25, 0.3) is 11.5 Å². The number of halogens is 1. The summed E-state index contributed by atoms with van der Waals surface area (Å²) in [7, 11) is 1.55. The molecule has 1 N–H and O–H groups in total. The molecular weight excluding hydrogens is 362 g/mol. The van der Waals surface area contributed by atoms with E-state index >= 15 is 0 Å². The Morgan fingerprint density at radius 1 is 1.24 bits per heavy atom. The van der Waals surface area contributed by atoms with E-state index in [9.17, 15) is 4.79 Å². The number of nitrogens with zero attached hydrogens (tertiary/aromatic N) is 2. The van der Waals surface area contributed by atoms with Gasteiger partial charge in [0.15, 0.2) is 0 Å². The first-order valence-corrected chi connectivity index (χ1v) is 8.67. The SMILES string of the molecule is COc1ccccc1NC(=O)CSc1nnc(-c2cccc(Cl)c2)o1. The molecule has 0 bridgehead atoms. The second-order valence-electron chi connectivity index (χ2n) is 4.92. The third kappa shape index (κ3) is 4.52. The van der Waals surface area contributed by atoms with Crippen LogP contribution < -0.4 is 10.1 Å². The minimum Gasteiger partial charge on any atom is -0.495 e. The van der Waals surface area contributed by atoms with Crippen molar-refractivity contribution in [3.63, 3.8) is 0 Å². The first-order chi connectivity index (χ1) is 12.2. The van der Waals surface area contributed by atoms with Crippen molar-refractivity contribution in [2.45, 2.75) is 5.22 Å². The lowest BCUT2D eigenvalue weighted by molar-refractivity contribution is -0.113. The summed E-state index contributed by atoms with van der Waals surface area (Å²) in [5.41, 5.74) is 1.34. The highest BCUT2D eigenvalue weighted by Gasteiger charge is 2.12. The lowest BCUT2D eigenvalue weighted by atomic mass is 10.2. The summed E-state index contributed by atoms with van der Waals surface area (Å²) in [4.78, 5) is 12.1. The van der Waals surface area contributed by atoms with E-state index in [4.69, 9.17) is 20.8 Å². The van der Waals surface area contributed by atoms with Gasteiger partial charge in [-0.15, -0.1) is 10.2 Å². The standard InChI is InChI=1S/C17H14ClN3O3S/c1-23-14-8-3-2-7-13(14)19-15(22)10-25-17-21-20-16(24-17)11-5-4-6-12(18)9-11/h2-9H,10H2,1H3,(H,19,22). The van der Waals surface area contributed by atoms with Crippen molar-refractivity contribution in [3.8, 4) is 17.2 Å². The molecule has 2 aromatic carbocycles. The molecule has 3 rings (SSSR count). The van der Waals surface area contributed by atoms with Crippen molar-refractivity contribution in [2.24, 2.45) is 0 Å². The van der Waals surface area contributed by atoms with Crippen molar-refractivity contribution in [1.29, 1.82) is 0 Å². The Balaban J connectivity index is 1.59. The van der Waals surface area contributed by atoms with Crippen LogP contribution in [0.1, 0.15) is 0 Å². The van der Waals surface area contributed by atoms with Crippen molar-refractivity contribution >= 4 is 35.0 Å². The van der Waals surface area contributed by atoms with Gasteiger partial charge in [-0.05, 0) is 30.3 Å². The summed E-state index contributed by atoms with van der Waals surface area (Å²) in [5.74, 6) is 0.893. The number of hydrogen-bond acceptors (Lipinski definition) is 6. The minimum atomic E-state index is -0.197. The zero-order valence-corrected chi connectivity index (χ0v) is 14.8. The van der Waals surface area contributed by atoms with Crippen LogP contribution >= 0.6 is 23.4 Å². The topological polar surface area (TPSA) is 77.2 Å². The van der Waals surface area contributed by atoms with Crippen LogP contribution in [0, 0.1) is 0 Å². The fraction of sp³-hybridized carbons (Fsp3) is 0.118. The van der Waals surface area contributed by atoms with E-state index in [2.05, 4.69) is 15.5 Å². The number of rotatable bonds is 6. The molecule has 1 aromatic heterocycles. The van der Waals surface area contributed by atoms with Crippen LogP contribution in [-0.4, -0.2) is 29.0 Å². The van der Waals surface area contributed by atoms with Gasteiger partial charge in [0.05, 0.1) is 18.6 Å². The monoisotopic (exact) mass is 375 g/mol. The van der Waals surface area contributed by atoms with Gasteiger partial charge in [0.2, 0.25) is 11.8 Å². The number of ether oxygens (including phenoxy) is 1. The van der Waals surface area contributed by atoms with Crippen LogP contribution in [0.4, 0.5) is 5.69 Å². The van der Waals surface area contributed by atoms with Gasteiger partial charge in [-0.25, -0.2) is 0 Å². The molecule has 128 valence electrons. The fourth-order valence-corrected chi connectivity index (χ4v) is 2.82. The number of para-hydroxylation sites is 2. The van der Waals surface area contributed by atoms with Crippen LogP contribution in [0.15, 0.2) is 58.2 Å².